The van der Waals surface area contributed by atoms with Crippen LogP contribution in [0, 0.1) is 5.92 Å². The maximum absolute atomic E-state index is 9.97. The second-order valence-electron chi connectivity index (χ2n) is 4.81. The predicted octanol–water partition coefficient (Wildman–Crippen LogP) is 3.90. The topological polar surface area (TPSA) is 20.2 Å². The lowest BCUT2D eigenvalue weighted by atomic mass is 9.83. The summed E-state index contributed by atoms with van der Waals surface area (Å²) in [4.78, 5) is 0. The van der Waals surface area contributed by atoms with Crippen molar-refractivity contribution >= 4 is 0 Å². The van der Waals surface area contributed by atoms with Crippen molar-refractivity contribution in [3.05, 3.63) is 0 Å². The van der Waals surface area contributed by atoms with E-state index in [9.17, 15) is 5.11 Å². The molecule has 1 saturated carbocycles. The quantitative estimate of drug-likeness (QED) is 0.642. The molecule has 0 aromatic carbocycles. The van der Waals surface area contributed by atoms with Crippen LogP contribution in [0.1, 0.15) is 71.1 Å². The van der Waals surface area contributed by atoms with Crippen LogP contribution in [0.2, 0.25) is 0 Å². The van der Waals surface area contributed by atoms with E-state index in [0.29, 0.717) is 5.92 Å². The van der Waals surface area contributed by atoms with Crippen molar-refractivity contribution in [1.29, 1.82) is 0 Å². The van der Waals surface area contributed by atoms with E-state index in [1.165, 1.54) is 57.8 Å². The van der Waals surface area contributed by atoms with Crippen LogP contribution >= 0.6 is 0 Å². The minimum Gasteiger partial charge on any atom is -0.393 e. The van der Waals surface area contributed by atoms with Gasteiger partial charge in [-0.1, -0.05) is 51.9 Å². The molecule has 1 heteroatoms. The van der Waals surface area contributed by atoms with Gasteiger partial charge in [0.15, 0.2) is 0 Å². The summed E-state index contributed by atoms with van der Waals surface area (Å²) in [6.45, 7) is 2.23. The summed E-state index contributed by atoms with van der Waals surface area (Å²) < 4.78 is 0. The van der Waals surface area contributed by atoms with Crippen molar-refractivity contribution in [2.45, 2.75) is 77.2 Å². The fourth-order valence-electron chi connectivity index (χ4n) is 2.53. The van der Waals surface area contributed by atoms with E-state index in [1.807, 2.05) is 0 Å². The SMILES string of the molecule is CCCCCCC(O)C1CCCCC1. The van der Waals surface area contributed by atoms with Gasteiger partial charge in [0.1, 0.15) is 0 Å². The minimum absolute atomic E-state index is 0.00663. The second kappa shape index (κ2) is 7.28. The fourth-order valence-corrected chi connectivity index (χ4v) is 2.53. The summed E-state index contributed by atoms with van der Waals surface area (Å²) in [6, 6.07) is 0. The zero-order valence-electron chi connectivity index (χ0n) is 9.67. The Morgan fingerprint density at radius 3 is 2.43 bits per heavy atom. The van der Waals surface area contributed by atoms with Gasteiger partial charge in [-0.15, -0.1) is 0 Å². The van der Waals surface area contributed by atoms with Crippen LogP contribution in [-0.4, -0.2) is 11.2 Å². The van der Waals surface area contributed by atoms with Gasteiger partial charge < -0.3 is 5.11 Å². The molecule has 1 aliphatic carbocycles. The van der Waals surface area contributed by atoms with Crippen LogP contribution in [0.3, 0.4) is 0 Å². The summed E-state index contributed by atoms with van der Waals surface area (Å²) in [7, 11) is 0. The zero-order chi connectivity index (χ0) is 10.2. The molecular weight excluding hydrogens is 172 g/mol. The van der Waals surface area contributed by atoms with Crippen LogP contribution in [0.4, 0.5) is 0 Å². The van der Waals surface area contributed by atoms with Gasteiger partial charge in [0.25, 0.3) is 0 Å². The first-order valence-electron chi connectivity index (χ1n) is 6.52. The summed E-state index contributed by atoms with van der Waals surface area (Å²) in [5.74, 6) is 0.630. The number of hydrogen-bond acceptors (Lipinski definition) is 1. The molecule has 0 spiro atoms. The molecule has 1 atom stereocenters. The summed E-state index contributed by atoms with van der Waals surface area (Å²) in [6.07, 6.45) is 12.8. The highest BCUT2D eigenvalue weighted by Gasteiger charge is 2.20. The highest BCUT2D eigenvalue weighted by atomic mass is 16.3. The molecule has 0 heterocycles. The molecule has 0 aliphatic heterocycles. The van der Waals surface area contributed by atoms with E-state index in [2.05, 4.69) is 6.92 Å². The molecule has 1 aliphatic rings. The van der Waals surface area contributed by atoms with Gasteiger partial charge in [-0.05, 0) is 25.2 Å². The van der Waals surface area contributed by atoms with E-state index in [4.69, 9.17) is 0 Å². The van der Waals surface area contributed by atoms with Gasteiger partial charge in [-0.25, -0.2) is 0 Å². The standard InChI is InChI=1S/C13H26O/c1-2-3-4-8-11-13(14)12-9-6-5-7-10-12/h12-14H,2-11H2,1H3. The van der Waals surface area contributed by atoms with Crippen LogP contribution < -0.4 is 0 Å². The van der Waals surface area contributed by atoms with Gasteiger partial charge in [0, 0.05) is 0 Å². The Bertz CT molecular complexity index is 127. The normalized spacial score (nSPS) is 21.0. The number of unbranched alkanes of at least 4 members (excludes halogenated alkanes) is 3. The number of rotatable bonds is 6. The van der Waals surface area contributed by atoms with Gasteiger partial charge in [0.05, 0.1) is 6.10 Å². The van der Waals surface area contributed by atoms with Crippen molar-refractivity contribution in [1.82, 2.24) is 0 Å². The molecule has 14 heavy (non-hydrogen) atoms. The lowest BCUT2D eigenvalue weighted by Gasteiger charge is -2.26. The molecule has 0 aromatic heterocycles. The lowest BCUT2D eigenvalue weighted by molar-refractivity contribution is 0.0748. The third kappa shape index (κ3) is 4.45. The smallest absolute Gasteiger partial charge is 0.0568 e. The average Bonchev–Trinajstić information content (AvgIpc) is 2.25. The largest absolute Gasteiger partial charge is 0.393 e. The Morgan fingerprint density at radius 2 is 1.79 bits per heavy atom. The third-order valence-electron chi connectivity index (χ3n) is 3.55. The molecule has 0 radical (unpaired) electrons. The summed E-state index contributed by atoms with van der Waals surface area (Å²) in [5, 5.41) is 9.97. The molecule has 0 saturated heterocycles. The van der Waals surface area contributed by atoms with Crippen molar-refractivity contribution in [3.8, 4) is 0 Å². The van der Waals surface area contributed by atoms with Crippen LogP contribution in [0.5, 0.6) is 0 Å². The van der Waals surface area contributed by atoms with Crippen LogP contribution in [0.25, 0.3) is 0 Å². The summed E-state index contributed by atoms with van der Waals surface area (Å²) >= 11 is 0. The van der Waals surface area contributed by atoms with Crippen molar-refractivity contribution in [2.24, 2.45) is 5.92 Å². The molecule has 0 amide bonds. The van der Waals surface area contributed by atoms with Crippen molar-refractivity contribution in [3.63, 3.8) is 0 Å². The Hall–Kier alpha value is -0.0400. The molecule has 1 nitrogen and oxygen atoms in total. The monoisotopic (exact) mass is 198 g/mol. The Morgan fingerprint density at radius 1 is 1.07 bits per heavy atom. The maximum Gasteiger partial charge on any atom is 0.0568 e. The molecule has 0 bridgehead atoms. The summed E-state index contributed by atoms with van der Waals surface area (Å²) in [5.41, 5.74) is 0. The number of hydrogen-bond donors (Lipinski definition) is 1. The molecular formula is C13H26O. The highest BCUT2D eigenvalue weighted by Crippen LogP contribution is 2.28. The number of aliphatic hydroxyl groups excluding tert-OH is 1. The minimum atomic E-state index is 0.00663. The molecule has 1 unspecified atom stereocenters. The van der Waals surface area contributed by atoms with Gasteiger partial charge in [0.2, 0.25) is 0 Å². The highest BCUT2D eigenvalue weighted by molar-refractivity contribution is 4.73. The Balaban J connectivity index is 2.04. The molecule has 1 rings (SSSR count). The molecule has 0 aromatic rings. The van der Waals surface area contributed by atoms with Crippen LogP contribution in [0.15, 0.2) is 0 Å². The lowest BCUT2D eigenvalue weighted by Crippen LogP contribution is -2.22. The first kappa shape index (κ1) is 12.0. The van der Waals surface area contributed by atoms with Gasteiger partial charge in [-0.3, -0.25) is 0 Å². The third-order valence-corrected chi connectivity index (χ3v) is 3.55. The fraction of sp³-hybridized carbons (Fsp3) is 1.00. The van der Waals surface area contributed by atoms with Crippen LogP contribution in [-0.2, 0) is 0 Å². The van der Waals surface area contributed by atoms with Gasteiger partial charge in [-0.2, -0.15) is 0 Å². The zero-order valence-corrected chi connectivity index (χ0v) is 9.67. The maximum atomic E-state index is 9.97. The predicted molar refractivity (Wildman–Crippen MR) is 61.3 cm³/mol. The Kier molecular flexibility index (Phi) is 6.25. The van der Waals surface area contributed by atoms with E-state index in [1.54, 1.807) is 0 Å². The average molecular weight is 198 g/mol. The van der Waals surface area contributed by atoms with E-state index < -0.39 is 0 Å². The van der Waals surface area contributed by atoms with Crippen molar-refractivity contribution in [2.75, 3.05) is 0 Å². The van der Waals surface area contributed by atoms with E-state index in [0.717, 1.165) is 6.42 Å². The number of aliphatic hydroxyl groups is 1. The molecule has 84 valence electrons. The molecule has 1 N–H and O–H groups in total. The van der Waals surface area contributed by atoms with Crippen molar-refractivity contribution < 1.29 is 5.11 Å². The van der Waals surface area contributed by atoms with Gasteiger partial charge >= 0.3 is 0 Å². The Labute approximate surface area is 88.9 Å². The molecule has 1 fully saturated rings. The first-order chi connectivity index (χ1) is 6.84. The first-order valence-corrected chi connectivity index (χ1v) is 6.52. The van der Waals surface area contributed by atoms with E-state index >= 15 is 0 Å². The second-order valence-corrected chi connectivity index (χ2v) is 4.81. The van der Waals surface area contributed by atoms with E-state index in [-0.39, 0.29) is 6.10 Å².